The number of hydrogen-bond acceptors (Lipinski definition) is 1. The maximum atomic E-state index is 7.08. The molecule has 12 heavy (non-hydrogen) atoms. The van der Waals surface area contributed by atoms with Crippen LogP contribution >= 0.6 is 0 Å². The lowest BCUT2D eigenvalue weighted by Gasteiger charge is -1.98. The van der Waals surface area contributed by atoms with Crippen molar-refractivity contribution < 1.29 is 0 Å². The van der Waals surface area contributed by atoms with Crippen LogP contribution in [0.3, 0.4) is 0 Å². The Labute approximate surface area is 71.2 Å². The monoisotopic (exact) mass is 154 g/mol. The minimum atomic E-state index is 0.855. The zero-order chi connectivity index (χ0) is 8.39. The SMILES string of the molecule is N=[C]c1cccc2ccccc12. The molecule has 0 aliphatic rings. The molecule has 0 spiro atoms. The van der Waals surface area contributed by atoms with Gasteiger partial charge in [-0.1, -0.05) is 42.5 Å². The molecule has 0 aromatic heterocycles. The zero-order valence-electron chi connectivity index (χ0n) is 6.54. The normalized spacial score (nSPS) is 10.0. The van der Waals surface area contributed by atoms with E-state index >= 15 is 0 Å². The molecule has 0 amide bonds. The maximum Gasteiger partial charge on any atom is 0.0874 e. The van der Waals surface area contributed by atoms with Gasteiger partial charge >= 0.3 is 0 Å². The molecule has 2 aromatic rings. The Bertz CT molecular complexity index is 413. The predicted molar refractivity (Wildman–Crippen MR) is 50.8 cm³/mol. The van der Waals surface area contributed by atoms with Gasteiger partial charge in [0, 0.05) is 5.56 Å². The van der Waals surface area contributed by atoms with E-state index in [1.54, 1.807) is 0 Å². The van der Waals surface area contributed by atoms with Gasteiger partial charge < -0.3 is 0 Å². The average molecular weight is 154 g/mol. The number of rotatable bonds is 1. The van der Waals surface area contributed by atoms with Crippen molar-refractivity contribution in [3.63, 3.8) is 0 Å². The Hall–Kier alpha value is -1.63. The van der Waals surface area contributed by atoms with E-state index in [4.69, 9.17) is 5.41 Å². The van der Waals surface area contributed by atoms with E-state index in [1.165, 1.54) is 0 Å². The summed E-state index contributed by atoms with van der Waals surface area (Å²) in [5.41, 5.74) is 0.855. The van der Waals surface area contributed by atoms with Gasteiger partial charge in [0.15, 0.2) is 0 Å². The molecule has 2 aromatic carbocycles. The number of hydrogen-bond donors (Lipinski definition) is 1. The van der Waals surface area contributed by atoms with Crippen LogP contribution in [-0.4, -0.2) is 6.21 Å². The van der Waals surface area contributed by atoms with Crippen molar-refractivity contribution in [2.75, 3.05) is 0 Å². The molecule has 2 rings (SSSR count). The second kappa shape index (κ2) is 2.78. The lowest BCUT2D eigenvalue weighted by molar-refractivity contribution is 1.55. The Morgan fingerprint density at radius 1 is 0.917 bits per heavy atom. The van der Waals surface area contributed by atoms with Gasteiger partial charge in [-0.3, -0.25) is 5.41 Å². The van der Waals surface area contributed by atoms with Crippen LogP contribution in [0.1, 0.15) is 5.56 Å². The molecule has 0 aliphatic carbocycles. The first-order chi connectivity index (χ1) is 5.92. The molecule has 0 unspecified atom stereocenters. The number of fused-ring (bicyclic) bond motifs is 1. The van der Waals surface area contributed by atoms with E-state index in [2.05, 4.69) is 6.21 Å². The van der Waals surface area contributed by atoms with Crippen LogP contribution in [0, 0.1) is 5.41 Å². The Kier molecular flexibility index (Phi) is 1.63. The van der Waals surface area contributed by atoms with Gasteiger partial charge in [-0.15, -0.1) is 0 Å². The third-order valence-corrected chi connectivity index (χ3v) is 1.92. The van der Waals surface area contributed by atoms with Gasteiger partial charge in [0.2, 0.25) is 0 Å². The first-order valence-corrected chi connectivity index (χ1v) is 3.82. The highest BCUT2D eigenvalue weighted by Crippen LogP contribution is 2.16. The molecule has 57 valence electrons. The van der Waals surface area contributed by atoms with Crippen LogP contribution < -0.4 is 0 Å². The van der Waals surface area contributed by atoms with Crippen LogP contribution in [0.25, 0.3) is 10.8 Å². The molecule has 1 N–H and O–H groups in total. The standard InChI is InChI=1S/C11H8N/c12-8-10-6-3-5-9-4-1-2-7-11(9)10/h1-7,12H. The molecule has 1 nitrogen and oxygen atoms in total. The van der Waals surface area contributed by atoms with Crippen molar-refractivity contribution >= 4 is 17.0 Å². The third kappa shape index (κ3) is 0.996. The van der Waals surface area contributed by atoms with Crippen LogP contribution in [-0.2, 0) is 0 Å². The van der Waals surface area contributed by atoms with E-state index in [9.17, 15) is 0 Å². The van der Waals surface area contributed by atoms with Crippen molar-refractivity contribution in [1.29, 1.82) is 5.41 Å². The lowest BCUT2D eigenvalue weighted by atomic mass is 10.1. The summed E-state index contributed by atoms with van der Waals surface area (Å²) in [5, 5.41) is 9.33. The van der Waals surface area contributed by atoms with E-state index in [-0.39, 0.29) is 0 Å². The summed E-state index contributed by atoms with van der Waals surface area (Å²) >= 11 is 0. The highest BCUT2D eigenvalue weighted by Gasteiger charge is 1.95. The second-order valence-electron chi connectivity index (χ2n) is 2.65. The summed E-state index contributed by atoms with van der Waals surface area (Å²) in [7, 11) is 0. The molecule has 1 heteroatoms. The summed E-state index contributed by atoms with van der Waals surface area (Å²) in [6.07, 6.45) is 2.42. The van der Waals surface area contributed by atoms with Gasteiger partial charge in [-0.05, 0) is 10.8 Å². The third-order valence-electron chi connectivity index (χ3n) is 1.92. The molecule has 0 saturated carbocycles. The fraction of sp³-hybridized carbons (Fsp3) is 0. The van der Waals surface area contributed by atoms with Gasteiger partial charge in [0.05, 0.1) is 6.21 Å². The van der Waals surface area contributed by atoms with Crippen molar-refractivity contribution in [3.8, 4) is 0 Å². The van der Waals surface area contributed by atoms with Crippen LogP contribution in [0.5, 0.6) is 0 Å². The highest BCUT2D eigenvalue weighted by molar-refractivity contribution is 5.98. The summed E-state index contributed by atoms with van der Waals surface area (Å²) in [4.78, 5) is 0. The van der Waals surface area contributed by atoms with Gasteiger partial charge in [-0.25, -0.2) is 0 Å². The number of nitrogens with one attached hydrogen (secondary N) is 1. The average Bonchev–Trinajstić information content (AvgIpc) is 2.17. The zero-order valence-corrected chi connectivity index (χ0v) is 6.54. The Morgan fingerprint density at radius 3 is 2.50 bits per heavy atom. The quantitative estimate of drug-likeness (QED) is 0.611. The van der Waals surface area contributed by atoms with Crippen molar-refractivity contribution in [2.45, 2.75) is 0 Å². The molecular formula is C11H8N. The van der Waals surface area contributed by atoms with E-state index in [1.807, 2.05) is 42.5 Å². The first kappa shape index (κ1) is 7.04. The summed E-state index contributed by atoms with van der Waals surface area (Å²) in [6.45, 7) is 0. The largest absolute Gasteiger partial charge is 0.298 e. The van der Waals surface area contributed by atoms with Crippen LogP contribution in [0.15, 0.2) is 42.5 Å². The van der Waals surface area contributed by atoms with E-state index in [0.717, 1.165) is 16.3 Å². The summed E-state index contributed by atoms with van der Waals surface area (Å²) < 4.78 is 0. The molecule has 1 radical (unpaired) electrons. The van der Waals surface area contributed by atoms with Crippen molar-refractivity contribution in [3.05, 3.63) is 48.0 Å². The van der Waals surface area contributed by atoms with Gasteiger partial charge in [-0.2, -0.15) is 0 Å². The smallest absolute Gasteiger partial charge is 0.0874 e. The second-order valence-corrected chi connectivity index (χ2v) is 2.65. The highest BCUT2D eigenvalue weighted by atomic mass is 14.3. The predicted octanol–water partition coefficient (Wildman–Crippen LogP) is 2.71. The number of benzene rings is 2. The molecule has 0 atom stereocenters. The maximum absolute atomic E-state index is 7.08. The molecule has 0 heterocycles. The molecular weight excluding hydrogens is 146 g/mol. The van der Waals surface area contributed by atoms with Crippen molar-refractivity contribution in [2.24, 2.45) is 0 Å². The van der Waals surface area contributed by atoms with Gasteiger partial charge in [0.25, 0.3) is 0 Å². The Balaban J connectivity index is 2.88. The fourth-order valence-electron chi connectivity index (χ4n) is 1.33. The minimum Gasteiger partial charge on any atom is -0.298 e. The first-order valence-electron chi connectivity index (χ1n) is 3.82. The summed E-state index contributed by atoms with van der Waals surface area (Å²) in [5.74, 6) is 0. The Morgan fingerprint density at radius 2 is 1.67 bits per heavy atom. The fourth-order valence-corrected chi connectivity index (χ4v) is 1.33. The minimum absolute atomic E-state index is 0.855. The van der Waals surface area contributed by atoms with E-state index < -0.39 is 0 Å². The lowest BCUT2D eigenvalue weighted by Crippen LogP contribution is -1.81. The topological polar surface area (TPSA) is 23.9 Å². The molecule has 0 bridgehead atoms. The molecule has 0 saturated heterocycles. The van der Waals surface area contributed by atoms with E-state index in [0.29, 0.717) is 0 Å². The van der Waals surface area contributed by atoms with Crippen LogP contribution in [0.4, 0.5) is 0 Å². The molecule has 0 aliphatic heterocycles. The van der Waals surface area contributed by atoms with Crippen LogP contribution in [0.2, 0.25) is 0 Å². The molecule has 0 fully saturated rings. The van der Waals surface area contributed by atoms with Gasteiger partial charge in [0.1, 0.15) is 0 Å². The summed E-state index contributed by atoms with van der Waals surface area (Å²) in [6, 6.07) is 13.9. The van der Waals surface area contributed by atoms with Crippen molar-refractivity contribution in [1.82, 2.24) is 0 Å².